The van der Waals surface area contributed by atoms with Gasteiger partial charge in [0.25, 0.3) is 0 Å². The summed E-state index contributed by atoms with van der Waals surface area (Å²) >= 11 is 0. The highest BCUT2D eigenvalue weighted by molar-refractivity contribution is 5.85. The number of carbonyl (C=O) groups is 1. The molecule has 1 atom stereocenters. The normalized spacial score (nSPS) is 17.2. The lowest BCUT2D eigenvalue weighted by atomic mass is 10.1. The van der Waals surface area contributed by atoms with Gasteiger partial charge in [0.15, 0.2) is 0 Å². The first-order valence-corrected chi connectivity index (χ1v) is 7.25. The fourth-order valence-electron chi connectivity index (χ4n) is 2.60. The molecule has 1 unspecified atom stereocenters. The summed E-state index contributed by atoms with van der Waals surface area (Å²) in [6.45, 7) is 0.333. The number of hydrogen-bond acceptors (Lipinski definition) is 3. The topological polar surface area (TPSA) is 49.6 Å². The zero-order chi connectivity index (χ0) is 16.2. The van der Waals surface area contributed by atoms with E-state index in [9.17, 15) is 18.0 Å². The summed E-state index contributed by atoms with van der Waals surface area (Å²) in [5.74, 6) is -0.236. The van der Waals surface area contributed by atoms with Gasteiger partial charge in [-0.1, -0.05) is 30.3 Å². The Hall–Kier alpha value is -1.02. The molecule has 2 rings (SSSR count). The minimum Gasteiger partial charge on any atom is -0.340 e. The lowest BCUT2D eigenvalue weighted by molar-refractivity contribution is -0.145. The largest absolute Gasteiger partial charge is 0.401 e. The lowest BCUT2D eigenvalue weighted by Crippen LogP contribution is -2.41. The van der Waals surface area contributed by atoms with Crippen molar-refractivity contribution in [1.82, 2.24) is 9.80 Å². The van der Waals surface area contributed by atoms with Gasteiger partial charge in [0.2, 0.25) is 5.91 Å². The maximum atomic E-state index is 12.4. The molecule has 2 N–H and O–H groups in total. The first-order chi connectivity index (χ1) is 10.4. The molecule has 4 nitrogen and oxygen atoms in total. The Morgan fingerprint density at radius 3 is 2.29 bits per heavy atom. The fourth-order valence-corrected chi connectivity index (χ4v) is 2.60. The first kappa shape index (κ1) is 23.0. The Morgan fingerprint density at radius 2 is 1.71 bits per heavy atom. The quantitative estimate of drug-likeness (QED) is 0.866. The summed E-state index contributed by atoms with van der Waals surface area (Å²) in [4.78, 5) is 15.3. The Morgan fingerprint density at radius 1 is 1.08 bits per heavy atom. The van der Waals surface area contributed by atoms with Crippen LogP contribution in [0.5, 0.6) is 0 Å². The molecule has 1 saturated heterocycles. The van der Waals surface area contributed by atoms with Crippen molar-refractivity contribution in [2.75, 3.05) is 32.7 Å². The van der Waals surface area contributed by atoms with Crippen LogP contribution in [0.15, 0.2) is 30.3 Å². The maximum Gasteiger partial charge on any atom is 0.401 e. The van der Waals surface area contributed by atoms with E-state index in [-0.39, 0.29) is 43.8 Å². The highest BCUT2D eigenvalue weighted by Crippen LogP contribution is 2.19. The second kappa shape index (κ2) is 10.1. The Labute approximate surface area is 152 Å². The molecule has 0 spiro atoms. The van der Waals surface area contributed by atoms with E-state index in [0.29, 0.717) is 25.1 Å². The fraction of sp³-hybridized carbons (Fsp3) is 0.533. The molecular formula is C15H22Cl2F3N3O. The molecule has 1 amide bonds. The third kappa shape index (κ3) is 6.84. The molecule has 1 aliphatic heterocycles. The van der Waals surface area contributed by atoms with Gasteiger partial charge in [0.1, 0.15) is 6.04 Å². The standard InChI is InChI=1S/C15H20F3N3O.2ClH/c16-15(17,18)11-20-7-4-8-21(10-9-20)14(22)13(19)12-5-2-1-3-6-12;;/h1-3,5-6,13H,4,7-11,19H2;2*1H. The molecule has 138 valence electrons. The van der Waals surface area contributed by atoms with Crippen LogP contribution in [-0.4, -0.2) is 54.6 Å². The van der Waals surface area contributed by atoms with E-state index in [0.717, 1.165) is 0 Å². The van der Waals surface area contributed by atoms with Gasteiger partial charge in [-0.2, -0.15) is 13.2 Å². The predicted octanol–water partition coefficient (Wildman–Crippen LogP) is 2.63. The van der Waals surface area contributed by atoms with Crippen LogP contribution in [-0.2, 0) is 4.79 Å². The second-order valence-electron chi connectivity index (χ2n) is 5.46. The summed E-state index contributed by atoms with van der Waals surface area (Å²) in [7, 11) is 0. The molecular weight excluding hydrogens is 366 g/mol. The lowest BCUT2D eigenvalue weighted by Gasteiger charge is -2.25. The van der Waals surface area contributed by atoms with Gasteiger partial charge in [-0.15, -0.1) is 24.8 Å². The van der Waals surface area contributed by atoms with Gasteiger partial charge >= 0.3 is 6.18 Å². The van der Waals surface area contributed by atoms with Crippen LogP contribution >= 0.6 is 24.8 Å². The van der Waals surface area contributed by atoms with Crippen LogP contribution in [0.1, 0.15) is 18.0 Å². The monoisotopic (exact) mass is 387 g/mol. The van der Waals surface area contributed by atoms with Gasteiger partial charge in [0.05, 0.1) is 6.54 Å². The summed E-state index contributed by atoms with van der Waals surface area (Å²) in [6, 6.07) is 8.22. The van der Waals surface area contributed by atoms with Crippen molar-refractivity contribution in [3.63, 3.8) is 0 Å². The van der Waals surface area contributed by atoms with E-state index in [2.05, 4.69) is 0 Å². The molecule has 0 radical (unpaired) electrons. The van der Waals surface area contributed by atoms with Gasteiger partial charge < -0.3 is 10.6 Å². The van der Waals surface area contributed by atoms with Gasteiger partial charge in [0, 0.05) is 26.2 Å². The number of hydrogen-bond donors (Lipinski definition) is 1. The smallest absolute Gasteiger partial charge is 0.340 e. The van der Waals surface area contributed by atoms with Crippen molar-refractivity contribution in [3.05, 3.63) is 35.9 Å². The molecule has 0 aromatic heterocycles. The molecule has 1 aromatic rings. The minimum atomic E-state index is -4.21. The first-order valence-electron chi connectivity index (χ1n) is 7.25. The Kier molecular flexibility index (Phi) is 9.65. The maximum absolute atomic E-state index is 12.4. The Balaban J connectivity index is 0.00000264. The summed E-state index contributed by atoms with van der Waals surface area (Å²) in [6.07, 6.45) is -3.69. The molecule has 1 fully saturated rings. The second-order valence-corrected chi connectivity index (χ2v) is 5.46. The number of amides is 1. The van der Waals surface area contributed by atoms with Crippen molar-refractivity contribution < 1.29 is 18.0 Å². The van der Waals surface area contributed by atoms with Crippen molar-refractivity contribution in [2.45, 2.75) is 18.6 Å². The molecule has 9 heteroatoms. The molecule has 1 heterocycles. The van der Waals surface area contributed by atoms with Gasteiger partial charge in [-0.25, -0.2) is 0 Å². The number of halogens is 5. The average molecular weight is 388 g/mol. The summed E-state index contributed by atoms with van der Waals surface area (Å²) < 4.78 is 37.3. The number of rotatable bonds is 3. The zero-order valence-corrected chi connectivity index (χ0v) is 14.7. The number of benzene rings is 1. The summed E-state index contributed by atoms with van der Waals surface area (Å²) in [5, 5.41) is 0. The third-order valence-electron chi connectivity index (χ3n) is 3.73. The molecule has 1 aromatic carbocycles. The van der Waals surface area contributed by atoms with E-state index < -0.39 is 18.8 Å². The van der Waals surface area contributed by atoms with Gasteiger partial charge in [-0.05, 0) is 12.0 Å². The van der Waals surface area contributed by atoms with E-state index in [1.54, 1.807) is 29.2 Å². The summed E-state index contributed by atoms with van der Waals surface area (Å²) in [5.41, 5.74) is 6.68. The highest BCUT2D eigenvalue weighted by atomic mass is 35.5. The SMILES string of the molecule is Cl.Cl.NC(C(=O)N1CCCN(CC(F)(F)F)CC1)c1ccccc1. The van der Waals surface area contributed by atoms with Crippen LogP contribution in [0.4, 0.5) is 13.2 Å². The van der Waals surface area contributed by atoms with Crippen molar-refractivity contribution in [1.29, 1.82) is 0 Å². The van der Waals surface area contributed by atoms with E-state index in [4.69, 9.17) is 5.73 Å². The van der Waals surface area contributed by atoms with Crippen LogP contribution in [0.25, 0.3) is 0 Å². The van der Waals surface area contributed by atoms with Crippen LogP contribution in [0, 0.1) is 0 Å². The van der Waals surface area contributed by atoms with Crippen molar-refractivity contribution in [2.24, 2.45) is 5.73 Å². The molecule has 24 heavy (non-hydrogen) atoms. The predicted molar refractivity (Wildman–Crippen MR) is 91.6 cm³/mol. The number of nitrogens with two attached hydrogens (primary N) is 1. The van der Waals surface area contributed by atoms with Gasteiger partial charge in [-0.3, -0.25) is 9.69 Å². The molecule has 0 bridgehead atoms. The minimum absolute atomic E-state index is 0. The number of carbonyl (C=O) groups excluding carboxylic acids is 1. The van der Waals surface area contributed by atoms with E-state index in [1.807, 2.05) is 6.07 Å². The van der Waals surface area contributed by atoms with Crippen molar-refractivity contribution in [3.8, 4) is 0 Å². The average Bonchev–Trinajstić information content (AvgIpc) is 2.70. The molecule has 0 saturated carbocycles. The van der Waals surface area contributed by atoms with E-state index >= 15 is 0 Å². The van der Waals surface area contributed by atoms with E-state index in [1.165, 1.54) is 4.90 Å². The zero-order valence-electron chi connectivity index (χ0n) is 13.0. The molecule has 0 aliphatic carbocycles. The number of nitrogens with zero attached hydrogens (tertiary/aromatic N) is 2. The number of alkyl halides is 3. The Bertz CT molecular complexity index is 502. The van der Waals surface area contributed by atoms with Crippen LogP contribution in [0.2, 0.25) is 0 Å². The highest BCUT2D eigenvalue weighted by Gasteiger charge is 2.32. The van der Waals surface area contributed by atoms with Crippen molar-refractivity contribution >= 4 is 30.7 Å². The van der Waals surface area contributed by atoms with Crippen LogP contribution in [0.3, 0.4) is 0 Å². The third-order valence-corrected chi connectivity index (χ3v) is 3.73. The molecule has 1 aliphatic rings. The van der Waals surface area contributed by atoms with Crippen LogP contribution < -0.4 is 5.73 Å².